The Hall–Kier alpha value is -2.15. The molecule has 0 amide bonds. The lowest BCUT2D eigenvalue weighted by Gasteiger charge is -2.22. The van der Waals surface area contributed by atoms with E-state index in [-0.39, 0.29) is 6.61 Å². The summed E-state index contributed by atoms with van der Waals surface area (Å²) < 4.78 is 10.8. The third kappa shape index (κ3) is 7.59. The fourth-order valence-corrected chi connectivity index (χ4v) is 3.95. The van der Waals surface area contributed by atoms with E-state index in [0.717, 1.165) is 68.6 Å². The molecular formula is C23H40N4O3. The van der Waals surface area contributed by atoms with E-state index in [1.165, 1.54) is 0 Å². The molecule has 2 unspecified atom stereocenters. The maximum atomic E-state index is 9.36. The molecule has 0 aliphatic carbocycles. The van der Waals surface area contributed by atoms with Gasteiger partial charge in [-0.3, -0.25) is 4.99 Å². The van der Waals surface area contributed by atoms with E-state index in [0.29, 0.717) is 17.9 Å². The highest BCUT2D eigenvalue weighted by atomic mass is 16.5. The Morgan fingerprint density at radius 1 is 1.23 bits per heavy atom. The second kappa shape index (κ2) is 12.5. The Morgan fingerprint density at radius 2 is 1.93 bits per heavy atom. The van der Waals surface area contributed by atoms with Crippen LogP contribution >= 0.6 is 0 Å². The fraction of sp³-hybridized carbons (Fsp3) is 0.696. The van der Waals surface area contributed by atoms with Gasteiger partial charge in [-0.25, -0.2) is 0 Å². The summed E-state index contributed by atoms with van der Waals surface area (Å²) >= 11 is 0. The predicted octanol–water partition coefficient (Wildman–Crippen LogP) is 2.88. The van der Waals surface area contributed by atoms with Crippen LogP contribution in [-0.4, -0.2) is 64.1 Å². The lowest BCUT2D eigenvalue weighted by atomic mass is 9.94. The van der Waals surface area contributed by atoms with Gasteiger partial charge >= 0.3 is 0 Å². The Balaban J connectivity index is 2.00. The van der Waals surface area contributed by atoms with Crippen LogP contribution in [0.4, 0.5) is 5.69 Å². The fourth-order valence-electron chi connectivity index (χ4n) is 3.95. The van der Waals surface area contributed by atoms with Gasteiger partial charge in [0.05, 0.1) is 14.2 Å². The van der Waals surface area contributed by atoms with Gasteiger partial charge in [-0.05, 0) is 38.0 Å². The topological polar surface area (TPSA) is 78.4 Å². The van der Waals surface area contributed by atoms with Crippen molar-refractivity contribution in [1.29, 1.82) is 0 Å². The molecule has 2 rings (SSSR count). The summed E-state index contributed by atoms with van der Waals surface area (Å²) in [5, 5.41) is 16.3. The summed E-state index contributed by atoms with van der Waals surface area (Å²) in [5.74, 6) is 3.48. The molecule has 0 spiro atoms. The monoisotopic (exact) mass is 420 g/mol. The minimum absolute atomic E-state index is 0.221. The Kier molecular flexibility index (Phi) is 10.1. The average molecular weight is 421 g/mol. The van der Waals surface area contributed by atoms with Crippen molar-refractivity contribution >= 4 is 11.6 Å². The van der Waals surface area contributed by atoms with Gasteiger partial charge in [0.2, 0.25) is 0 Å². The van der Waals surface area contributed by atoms with E-state index >= 15 is 0 Å². The largest absolute Gasteiger partial charge is 0.497 e. The summed E-state index contributed by atoms with van der Waals surface area (Å²) in [6.07, 6.45) is 2.92. The summed E-state index contributed by atoms with van der Waals surface area (Å²) in [6.45, 7) is 10.2. The van der Waals surface area contributed by atoms with Gasteiger partial charge in [-0.1, -0.05) is 13.8 Å². The molecule has 3 N–H and O–H groups in total. The maximum Gasteiger partial charge on any atom is 0.191 e. The van der Waals surface area contributed by atoms with Crippen LogP contribution in [0.15, 0.2) is 23.2 Å². The number of aliphatic imine (C=N–C) groups is 1. The molecule has 1 heterocycles. The number of aliphatic hydroxyl groups excluding tert-OH is 1. The second-order valence-corrected chi connectivity index (χ2v) is 8.37. The van der Waals surface area contributed by atoms with Gasteiger partial charge in [-0.2, -0.15) is 0 Å². The smallest absolute Gasteiger partial charge is 0.191 e. The minimum Gasteiger partial charge on any atom is -0.497 e. The van der Waals surface area contributed by atoms with Gasteiger partial charge in [0.1, 0.15) is 11.5 Å². The van der Waals surface area contributed by atoms with Crippen molar-refractivity contribution in [1.82, 2.24) is 10.6 Å². The number of anilines is 1. The first-order valence-corrected chi connectivity index (χ1v) is 11.1. The zero-order valence-electron chi connectivity index (χ0n) is 19.3. The van der Waals surface area contributed by atoms with Crippen molar-refractivity contribution in [2.45, 2.75) is 46.1 Å². The maximum absolute atomic E-state index is 9.36. The van der Waals surface area contributed by atoms with Crippen LogP contribution in [0.3, 0.4) is 0 Å². The molecule has 1 saturated heterocycles. The molecule has 7 heteroatoms. The molecular weight excluding hydrogens is 380 g/mol. The summed E-state index contributed by atoms with van der Waals surface area (Å²) in [6, 6.07) is 6.32. The minimum atomic E-state index is 0.221. The number of aliphatic hydroxyl groups is 1. The highest BCUT2D eigenvalue weighted by Crippen LogP contribution is 2.30. The van der Waals surface area contributed by atoms with Crippen molar-refractivity contribution in [3.63, 3.8) is 0 Å². The predicted molar refractivity (Wildman–Crippen MR) is 124 cm³/mol. The van der Waals surface area contributed by atoms with Crippen molar-refractivity contribution in [3.8, 4) is 11.5 Å². The van der Waals surface area contributed by atoms with E-state index in [9.17, 15) is 5.11 Å². The van der Waals surface area contributed by atoms with Crippen molar-refractivity contribution in [3.05, 3.63) is 18.2 Å². The Bertz CT molecular complexity index is 644. The third-order valence-corrected chi connectivity index (χ3v) is 5.42. The standard InChI is InChI=1S/C23H40N4O3/c1-6-24-23(25-15-18(8-10-28)11-17(2)3)26-19-7-9-27(16-19)20-12-21(29-4)14-22(13-20)30-5/h12-14,17-19,28H,6-11,15-16H2,1-5H3,(H2,24,25,26). The molecule has 1 aromatic carbocycles. The number of methoxy groups -OCH3 is 2. The van der Waals surface area contributed by atoms with E-state index < -0.39 is 0 Å². The van der Waals surface area contributed by atoms with Crippen LogP contribution in [-0.2, 0) is 0 Å². The molecule has 1 aliphatic rings. The number of hydrogen-bond donors (Lipinski definition) is 3. The van der Waals surface area contributed by atoms with Gasteiger partial charge < -0.3 is 30.1 Å². The SMILES string of the molecule is CCNC(=NCC(CCO)CC(C)C)NC1CCN(c2cc(OC)cc(OC)c2)C1. The van der Waals surface area contributed by atoms with E-state index in [4.69, 9.17) is 14.5 Å². The van der Waals surface area contributed by atoms with Crippen molar-refractivity contribution < 1.29 is 14.6 Å². The summed E-state index contributed by atoms with van der Waals surface area (Å²) in [4.78, 5) is 7.17. The molecule has 1 fully saturated rings. The highest BCUT2D eigenvalue weighted by Gasteiger charge is 2.24. The molecule has 7 nitrogen and oxygen atoms in total. The lowest BCUT2D eigenvalue weighted by Crippen LogP contribution is -2.45. The highest BCUT2D eigenvalue weighted by molar-refractivity contribution is 5.80. The van der Waals surface area contributed by atoms with Crippen LogP contribution in [0.1, 0.15) is 40.0 Å². The van der Waals surface area contributed by atoms with E-state index in [1.807, 2.05) is 6.07 Å². The molecule has 2 atom stereocenters. The molecule has 1 aromatic rings. The molecule has 1 aliphatic heterocycles. The molecule has 0 radical (unpaired) electrons. The number of rotatable bonds is 11. The first kappa shape index (κ1) is 24.1. The summed E-state index contributed by atoms with van der Waals surface area (Å²) in [7, 11) is 3.35. The zero-order valence-corrected chi connectivity index (χ0v) is 19.3. The Labute approximate surface area is 181 Å². The van der Waals surface area contributed by atoms with Crippen molar-refractivity contribution in [2.24, 2.45) is 16.8 Å². The molecule has 0 saturated carbocycles. The normalized spacial score (nSPS) is 17.9. The quantitative estimate of drug-likeness (QED) is 0.377. The second-order valence-electron chi connectivity index (χ2n) is 8.37. The number of guanidine groups is 1. The third-order valence-electron chi connectivity index (χ3n) is 5.42. The molecule has 30 heavy (non-hydrogen) atoms. The van der Waals surface area contributed by atoms with Crippen LogP contribution in [0.5, 0.6) is 11.5 Å². The summed E-state index contributed by atoms with van der Waals surface area (Å²) in [5.41, 5.74) is 1.11. The lowest BCUT2D eigenvalue weighted by molar-refractivity contribution is 0.245. The van der Waals surface area contributed by atoms with Gasteiger partial charge in [0, 0.05) is 62.7 Å². The van der Waals surface area contributed by atoms with Gasteiger partial charge in [0.15, 0.2) is 5.96 Å². The first-order chi connectivity index (χ1) is 14.5. The zero-order chi connectivity index (χ0) is 21.9. The Morgan fingerprint density at radius 3 is 2.50 bits per heavy atom. The van der Waals surface area contributed by atoms with Crippen LogP contribution in [0, 0.1) is 11.8 Å². The molecule has 0 bridgehead atoms. The first-order valence-electron chi connectivity index (χ1n) is 11.1. The molecule has 170 valence electrons. The number of ether oxygens (including phenoxy) is 2. The van der Waals surface area contributed by atoms with Crippen LogP contribution in [0.2, 0.25) is 0 Å². The number of hydrogen-bond acceptors (Lipinski definition) is 5. The van der Waals surface area contributed by atoms with Crippen molar-refractivity contribution in [2.75, 3.05) is 51.9 Å². The number of nitrogens with zero attached hydrogens (tertiary/aromatic N) is 2. The van der Waals surface area contributed by atoms with Gasteiger partial charge in [0.25, 0.3) is 0 Å². The van der Waals surface area contributed by atoms with Crippen LogP contribution in [0.25, 0.3) is 0 Å². The van der Waals surface area contributed by atoms with Crippen LogP contribution < -0.4 is 25.0 Å². The van der Waals surface area contributed by atoms with E-state index in [2.05, 4.69) is 48.4 Å². The van der Waals surface area contributed by atoms with Gasteiger partial charge in [-0.15, -0.1) is 0 Å². The number of nitrogens with one attached hydrogen (secondary N) is 2. The molecule has 0 aromatic heterocycles. The average Bonchev–Trinajstić information content (AvgIpc) is 3.20. The number of benzene rings is 1. The van der Waals surface area contributed by atoms with E-state index in [1.54, 1.807) is 14.2 Å².